The zero-order chi connectivity index (χ0) is 15.6. The number of amides is 1. The Hall–Kier alpha value is -1.81. The Balaban J connectivity index is 2.33. The molecule has 3 N–H and O–H groups in total. The molecule has 0 aliphatic carbocycles. The van der Waals surface area contributed by atoms with Gasteiger partial charge in [-0.1, -0.05) is 13.8 Å². The first kappa shape index (κ1) is 15.6. The van der Waals surface area contributed by atoms with Crippen LogP contribution >= 0.6 is 0 Å². The van der Waals surface area contributed by atoms with Crippen LogP contribution < -0.4 is 5.32 Å². The first-order valence-corrected chi connectivity index (χ1v) is 7.48. The lowest BCUT2D eigenvalue weighted by Crippen LogP contribution is -2.50. The van der Waals surface area contributed by atoms with E-state index in [1.54, 1.807) is 0 Å². The molecule has 1 aromatic carbocycles. The maximum atomic E-state index is 12.5. The fourth-order valence-corrected chi connectivity index (χ4v) is 2.61. The van der Waals surface area contributed by atoms with E-state index in [2.05, 4.69) is 10.3 Å². The van der Waals surface area contributed by atoms with Crippen LogP contribution in [0.5, 0.6) is 0 Å². The number of benzene rings is 1. The summed E-state index contributed by atoms with van der Waals surface area (Å²) in [6.07, 6.45) is 1.41. The number of H-pyrrole nitrogens is 1. The SMILES string of the molecule is CCC(CC)(CO)NC(=O)c1ccc2[nH]c(C)c(C)c2c1. The van der Waals surface area contributed by atoms with Crippen LogP contribution in [0.1, 0.15) is 48.3 Å². The summed E-state index contributed by atoms with van der Waals surface area (Å²) in [6.45, 7) is 7.98. The second kappa shape index (κ2) is 5.90. The number of fused-ring (bicyclic) bond motifs is 1. The molecular formula is C17H24N2O2. The Labute approximate surface area is 125 Å². The molecule has 114 valence electrons. The van der Waals surface area contributed by atoms with Crippen molar-refractivity contribution in [1.82, 2.24) is 10.3 Å². The normalized spacial score (nSPS) is 11.9. The van der Waals surface area contributed by atoms with Gasteiger partial charge in [-0.2, -0.15) is 0 Å². The van der Waals surface area contributed by atoms with Crippen LogP contribution in [-0.4, -0.2) is 28.1 Å². The minimum atomic E-state index is -0.533. The fourth-order valence-electron chi connectivity index (χ4n) is 2.61. The van der Waals surface area contributed by atoms with Crippen LogP contribution in [0.4, 0.5) is 0 Å². The van der Waals surface area contributed by atoms with Crippen LogP contribution in [0.2, 0.25) is 0 Å². The predicted octanol–water partition coefficient (Wildman–Crippen LogP) is 3.07. The molecule has 0 atom stereocenters. The average molecular weight is 288 g/mol. The maximum absolute atomic E-state index is 12.5. The van der Waals surface area contributed by atoms with Gasteiger partial charge in [0.2, 0.25) is 0 Å². The summed E-state index contributed by atoms with van der Waals surface area (Å²) in [5.41, 5.74) is 3.42. The van der Waals surface area contributed by atoms with Crippen LogP contribution in [0.25, 0.3) is 10.9 Å². The van der Waals surface area contributed by atoms with Crippen molar-refractivity contribution < 1.29 is 9.90 Å². The number of carbonyl (C=O) groups excluding carboxylic acids is 1. The minimum Gasteiger partial charge on any atom is -0.394 e. The van der Waals surface area contributed by atoms with Crippen molar-refractivity contribution >= 4 is 16.8 Å². The van der Waals surface area contributed by atoms with Crippen LogP contribution in [0, 0.1) is 13.8 Å². The highest BCUT2D eigenvalue weighted by molar-refractivity contribution is 5.99. The number of aromatic nitrogens is 1. The van der Waals surface area contributed by atoms with Crippen molar-refractivity contribution in [3.05, 3.63) is 35.0 Å². The molecule has 0 radical (unpaired) electrons. The summed E-state index contributed by atoms with van der Waals surface area (Å²) >= 11 is 0. The third kappa shape index (κ3) is 2.81. The Morgan fingerprint density at radius 2 is 1.95 bits per heavy atom. The molecule has 4 nitrogen and oxygen atoms in total. The highest BCUT2D eigenvalue weighted by Gasteiger charge is 2.27. The Kier molecular flexibility index (Phi) is 4.37. The molecule has 0 spiro atoms. The number of carbonyl (C=O) groups is 1. The summed E-state index contributed by atoms with van der Waals surface area (Å²) in [5.74, 6) is -0.132. The molecule has 1 amide bonds. The van der Waals surface area contributed by atoms with E-state index in [9.17, 15) is 9.90 Å². The highest BCUT2D eigenvalue weighted by atomic mass is 16.3. The van der Waals surface area contributed by atoms with Gasteiger partial charge in [0.25, 0.3) is 5.91 Å². The molecule has 1 aromatic heterocycles. The molecule has 1 heterocycles. The van der Waals surface area contributed by atoms with E-state index >= 15 is 0 Å². The van der Waals surface area contributed by atoms with E-state index in [0.717, 1.165) is 16.6 Å². The van der Waals surface area contributed by atoms with Gasteiger partial charge in [-0.3, -0.25) is 4.79 Å². The predicted molar refractivity (Wildman–Crippen MR) is 85.6 cm³/mol. The summed E-state index contributed by atoms with van der Waals surface area (Å²) in [5, 5.41) is 13.6. The molecule has 0 aliphatic rings. The van der Waals surface area contributed by atoms with E-state index < -0.39 is 5.54 Å². The van der Waals surface area contributed by atoms with Crippen molar-refractivity contribution in [2.75, 3.05) is 6.61 Å². The smallest absolute Gasteiger partial charge is 0.251 e. The van der Waals surface area contributed by atoms with Crippen molar-refractivity contribution in [3.8, 4) is 0 Å². The van der Waals surface area contributed by atoms with E-state index in [1.807, 2.05) is 45.9 Å². The number of aryl methyl sites for hydroxylation is 2. The van der Waals surface area contributed by atoms with Crippen molar-refractivity contribution in [1.29, 1.82) is 0 Å². The minimum absolute atomic E-state index is 0.0454. The second-order valence-electron chi connectivity index (χ2n) is 5.74. The number of hydrogen-bond donors (Lipinski definition) is 3. The molecule has 2 rings (SSSR count). The lowest BCUT2D eigenvalue weighted by atomic mass is 9.93. The molecule has 4 heteroatoms. The maximum Gasteiger partial charge on any atom is 0.251 e. The van der Waals surface area contributed by atoms with E-state index in [0.29, 0.717) is 18.4 Å². The molecule has 21 heavy (non-hydrogen) atoms. The summed E-state index contributed by atoms with van der Waals surface area (Å²) in [4.78, 5) is 15.8. The molecule has 0 bridgehead atoms. The third-order valence-electron chi connectivity index (χ3n) is 4.61. The van der Waals surface area contributed by atoms with Gasteiger partial charge >= 0.3 is 0 Å². The first-order valence-electron chi connectivity index (χ1n) is 7.48. The van der Waals surface area contributed by atoms with Gasteiger partial charge in [0.15, 0.2) is 0 Å². The summed E-state index contributed by atoms with van der Waals surface area (Å²) < 4.78 is 0. The number of aliphatic hydroxyl groups excluding tert-OH is 1. The highest BCUT2D eigenvalue weighted by Crippen LogP contribution is 2.23. The molecular weight excluding hydrogens is 264 g/mol. The number of aromatic amines is 1. The van der Waals surface area contributed by atoms with Gasteiger partial charge in [0, 0.05) is 22.2 Å². The number of aliphatic hydroxyl groups is 1. The number of rotatable bonds is 5. The quantitative estimate of drug-likeness (QED) is 0.791. The van der Waals surface area contributed by atoms with Gasteiger partial charge in [-0.25, -0.2) is 0 Å². The molecule has 0 unspecified atom stereocenters. The van der Waals surface area contributed by atoms with E-state index in [-0.39, 0.29) is 12.5 Å². The standard InChI is InChI=1S/C17H24N2O2/c1-5-17(6-2,10-20)19-16(21)13-7-8-15-14(9-13)11(3)12(4)18-15/h7-9,18,20H,5-6,10H2,1-4H3,(H,19,21). The van der Waals surface area contributed by atoms with E-state index in [4.69, 9.17) is 0 Å². The van der Waals surface area contributed by atoms with Crippen LogP contribution in [-0.2, 0) is 0 Å². The van der Waals surface area contributed by atoms with Gasteiger partial charge < -0.3 is 15.4 Å². The molecule has 0 saturated heterocycles. The van der Waals surface area contributed by atoms with Crippen molar-refractivity contribution in [3.63, 3.8) is 0 Å². The second-order valence-corrected chi connectivity index (χ2v) is 5.74. The average Bonchev–Trinajstić information content (AvgIpc) is 2.79. The lowest BCUT2D eigenvalue weighted by Gasteiger charge is -2.30. The van der Waals surface area contributed by atoms with Gasteiger partial charge in [-0.15, -0.1) is 0 Å². The van der Waals surface area contributed by atoms with Gasteiger partial charge in [0.05, 0.1) is 12.1 Å². The van der Waals surface area contributed by atoms with Crippen molar-refractivity contribution in [2.45, 2.75) is 46.1 Å². The zero-order valence-electron chi connectivity index (χ0n) is 13.2. The first-order chi connectivity index (χ1) is 9.96. The van der Waals surface area contributed by atoms with Crippen molar-refractivity contribution in [2.24, 2.45) is 0 Å². The summed E-state index contributed by atoms with van der Waals surface area (Å²) in [6, 6.07) is 5.67. The molecule has 0 fully saturated rings. The molecule has 0 aliphatic heterocycles. The number of nitrogens with one attached hydrogen (secondary N) is 2. The summed E-state index contributed by atoms with van der Waals surface area (Å²) in [7, 11) is 0. The number of hydrogen-bond acceptors (Lipinski definition) is 2. The monoisotopic (exact) mass is 288 g/mol. The van der Waals surface area contributed by atoms with Gasteiger partial charge in [0.1, 0.15) is 0 Å². The van der Waals surface area contributed by atoms with Crippen LogP contribution in [0.3, 0.4) is 0 Å². The molecule has 0 saturated carbocycles. The fraction of sp³-hybridized carbons (Fsp3) is 0.471. The zero-order valence-corrected chi connectivity index (χ0v) is 13.2. The Morgan fingerprint density at radius 3 is 2.52 bits per heavy atom. The molecule has 2 aromatic rings. The topological polar surface area (TPSA) is 65.1 Å². The lowest BCUT2D eigenvalue weighted by molar-refractivity contribution is 0.0818. The van der Waals surface area contributed by atoms with Gasteiger partial charge in [-0.05, 0) is 50.5 Å². The Bertz CT molecular complexity index is 646. The largest absolute Gasteiger partial charge is 0.394 e. The van der Waals surface area contributed by atoms with E-state index in [1.165, 1.54) is 5.56 Å². The third-order valence-corrected chi connectivity index (χ3v) is 4.61. The van der Waals surface area contributed by atoms with Crippen LogP contribution in [0.15, 0.2) is 18.2 Å². The Morgan fingerprint density at radius 1 is 1.29 bits per heavy atom.